The lowest BCUT2D eigenvalue weighted by Crippen LogP contribution is -2.39. The van der Waals surface area contributed by atoms with Gasteiger partial charge in [-0.3, -0.25) is 9.59 Å². The van der Waals surface area contributed by atoms with Crippen molar-refractivity contribution < 1.29 is 24.2 Å². The molecule has 2 aliphatic heterocycles. The van der Waals surface area contributed by atoms with E-state index in [0.717, 1.165) is 35.5 Å². The Morgan fingerprint density at radius 2 is 1.94 bits per heavy atom. The number of epoxide rings is 1. The molecule has 0 radical (unpaired) electrons. The third kappa shape index (κ3) is 6.55. The summed E-state index contributed by atoms with van der Waals surface area (Å²) in [4.78, 5) is 30.6. The van der Waals surface area contributed by atoms with Gasteiger partial charge in [0.1, 0.15) is 11.9 Å². The van der Waals surface area contributed by atoms with Crippen LogP contribution in [0.15, 0.2) is 11.0 Å². The lowest BCUT2D eigenvalue weighted by Gasteiger charge is -2.31. The number of carbonyl (C=O) groups excluding carboxylic acids is 2. The van der Waals surface area contributed by atoms with Crippen molar-refractivity contribution >= 4 is 29.2 Å². The van der Waals surface area contributed by atoms with Gasteiger partial charge in [0, 0.05) is 29.6 Å². The highest BCUT2D eigenvalue weighted by molar-refractivity contribution is 7.09. The summed E-state index contributed by atoms with van der Waals surface area (Å²) in [6.07, 6.45) is 4.68. The number of ether oxygens (including phenoxy) is 2. The Balaban J connectivity index is 1.81. The van der Waals surface area contributed by atoms with Crippen LogP contribution in [-0.2, 0) is 19.1 Å². The maximum absolute atomic E-state index is 13.2. The van der Waals surface area contributed by atoms with Crippen LogP contribution >= 0.6 is 11.3 Å². The highest BCUT2D eigenvalue weighted by atomic mass is 32.1. The highest BCUT2D eigenvalue weighted by Crippen LogP contribution is 2.45. The molecule has 1 aromatic heterocycles. The van der Waals surface area contributed by atoms with E-state index in [-0.39, 0.29) is 35.8 Å². The molecule has 6 nitrogen and oxygen atoms in total. The van der Waals surface area contributed by atoms with Gasteiger partial charge in [0.25, 0.3) is 0 Å². The fourth-order valence-corrected chi connectivity index (χ4v) is 5.64. The lowest BCUT2D eigenvalue weighted by atomic mass is 9.74. The summed E-state index contributed by atoms with van der Waals surface area (Å²) < 4.78 is 12.0. The number of aromatic nitrogens is 1. The maximum atomic E-state index is 13.2. The number of nitrogens with zero attached hydrogens (tertiary/aromatic N) is 1. The molecule has 1 aromatic rings. The van der Waals surface area contributed by atoms with Gasteiger partial charge in [0.15, 0.2) is 0 Å². The maximum Gasteiger partial charge on any atom is 0.306 e. The summed E-state index contributed by atoms with van der Waals surface area (Å²) >= 11 is 1.59. The van der Waals surface area contributed by atoms with Crippen LogP contribution in [0.25, 0.3) is 6.08 Å². The molecule has 0 spiro atoms. The lowest BCUT2D eigenvalue weighted by molar-refractivity contribution is -0.149. The number of aliphatic hydroxyl groups excluding tert-OH is 1. The van der Waals surface area contributed by atoms with E-state index < -0.39 is 23.5 Å². The fraction of sp³-hybridized carbons (Fsp3) is 0.741. The average molecular weight is 492 g/mol. The molecule has 1 unspecified atom stereocenters. The molecule has 6 atom stereocenters. The van der Waals surface area contributed by atoms with E-state index in [1.807, 2.05) is 46.1 Å². The number of ketones is 1. The molecule has 0 amide bonds. The Labute approximate surface area is 208 Å². The first-order chi connectivity index (χ1) is 15.8. The van der Waals surface area contributed by atoms with Crippen molar-refractivity contribution in [2.45, 2.75) is 111 Å². The molecule has 2 aliphatic rings. The summed E-state index contributed by atoms with van der Waals surface area (Å²) in [6.45, 7) is 13.6. The number of thiazole rings is 1. The number of Topliss-reactive ketones (excluding diaryl/α,β-unsaturated/α-hetero) is 1. The van der Waals surface area contributed by atoms with Gasteiger partial charge in [-0.2, -0.15) is 0 Å². The van der Waals surface area contributed by atoms with E-state index in [1.165, 1.54) is 0 Å². The first-order valence-corrected chi connectivity index (χ1v) is 13.4. The van der Waals surface area contributed by atoms with Gasteiger partial charge in [-0.05, 0) is 57.6 Å². The second-order valence-electron chi connectivity index (χ2n) is 11.2. The van der Waals surface area contributed by atoms with Crippen molar-refractivity contribution in [3.8, 4) is 0 Å². The molecule has 34 heavy (non-hydrogen) atoms. The summed E-state index contributed by atoms with van der Waals surface area (Å²) in [7, 11) is 0. The van der Waals surface area contributed by atoms with Crippen molar-refractivity contribution in [1.82, 2.24) is 4.98 Å². The molecule has 0 saturated carbocycles. The fourth-order valence-electron chi connectivity index (χ4n) is 5.07. The average Bonchev–Trinajstić information content (AvgIpc) is 3.21. The summed E-state index contributed by atoms with van der Waals surface area (Å²) in [5, 5.41) is 13.8. The Bertz CT molecular complexity index is 922. The van der Waals surface area contributed by atoms with Gasteiger partial charge >= 0.3 is 5.97 Å². The van der Waals surface area contributed by atoms with Crippen LogP contribution in [0.2, 0.25) is 0 Å². The Morgan fingerprint density at radius 1 is 1.24 bits per heavy atom. The smallest absolute Gasteiger partial charge is 0.306 e. The van der Waals surface area contributed by atoms with Crippen LogP contribution in [0, 0.1) is 24.2 Å². The van der Waals surface area contributed by atoms with E-state index in [9.17, 15) is 14.7 Å². The normalized spacial score (nSPS) is 36.0. The van der Waals surface area contributed by atoms with Crippen LogP contribution in [0.4, 0.5) is 0 Å². The van der Waals surface area contributed by atoms with Gasteiger partial charge in [-0.1, -0.05) is 34.1 Å². The molecular weight excluding hydrogens is 450 g/mol. The third-order valence-electron chi connectivity index (χ3n) is 7.72. The molecule has 0 bridgehead atoms. The van der Waals surface area contributed by atoms with E-state index in [1.54, 1.807) is 18.3 Å². The second kappa shape index (κ2) is 10.6. The zero-order valence-electron chi connectivity index (χ0n) is 21.7. The molecule has 3 rings (SSSR count). The zero-order valence-corrected chi connectivity index (χ0v) is 22.5. The number of fused-ring (bicyclic) bond motifs is 1. The topological polar surface area (TPSA) is 89.0 Å². The zero-order chi connectivity index (χ0) is 25.3. The molecular formula is C27H41NO5S. The van der Waals surface area contributed by atoms with Gasteiger partial charge < -0.3 is 14.6 Å². The minimum atomic E-state index is -0.715. The molecule has 0 aliphatic carbocycles. The van der Waals surface area contributed by atoms with Crippen molar-refractivity contribution in [3.05, 3.63) is 21.7 Å². The molecule has 2 fully saturated rings. The van der Waals surface area contributed by atoms with Crippen LogP contribution in [0.1, 0.15) is 90.8 Å². The van der Waals surface area contributed by atoms with E-state index in [4.69, 9.17) is 9.47 Å². The van der Waals surface area contributed by atoms with Crippen molar-refractivity contribution in [2.75, 3.05) is 0 Å². The van der Waals surface area contributed by atoms with Crippen LogP contribution < -0.4 is 0 Å². The standard InChI is InChI=1S/C27H41NO5S/c1-16-9-8-11-27(7)22(33-27)14-21(17(2)13-20-15-34-19(4)28-20)32-23(29)10-12-26(5,6)25(31)18(3)24(16)30/h13,15-16,18,21-22,24,30H,8-12,14H2,1-7H3/b17-13+/t16-,18+,21-,22-,24?,27+/m0/s1. The van der Waals surface area contributed by atoms with E-state index >= 15 is 0 Å². The summed E-state index contributed by atoms with van der Waals surface area (Å²) in [5.41, 5.74) is 0.856. The molecule has 1 N–H and O–H groups in total. The van der Waals surface area contributed by atoms with Crippen molar-refractivity contribution in [3.63, 3.8) is 0 Å². The molecule has 2 saturated heterocycles. The Morgan fingerprint density at radius 3 is 2.59 bits per heavy atom. The highest BCUT2D eigenvalue weighted by Gasteiger charge is 2.52. The monoisotopic (exact) mass is 491 g/mol. The van der Waals surface area contributed by atoms with Crippen molar-refractivity contribution in [1.29, 1.82) is 0 Å². The van der Waals surface area contributed by atoms with Gasteiger partial charge in [-0.15, -0.1) is 11.3 Å². The first kappa shape index (κ1) is 27.0. The third-order valence-corrected chi connectivity index (χ3v) is 8.51. The van der Waals surface area contributed by atoms with Crippen LogP contribution in [0.5, 0.6) is 0 Å². The summed E-state index contributed by atoms with van der Waals surface area (Å²) in [5.74, 6) is -0.776. The van der Waals surface area contributed by atoms with Gasteiger partial charge in [0.05, 0.1) is 28.5 Å². The number of hydrogen-bond donors (Lipinski definition) is 1. The van der Waals surface area contributed by atoms with E-state index in [2.05, 4.69) is 11.9 Å². The number of carbonyl (C=O) groups is 2. The largest absolute Gasteiger partial charge is 0.458 e. The summed E-state index contributed by atoms with van der Waals surface area (Å²) in [6, 6.07) is 0. The second-order valence-corrected chi connectivity index (χ2v) is 12.3. The quantitative estimate of drug-likeness (QED) is 0.434. The Kier molecular flexibility index (Phi) is 8.42. The number of esters is 1. The number of rotatable bonds is 2. The number of aliphatic hydroxyl groups is 1. The number of cyclic esters (lactones) is 1. The predicted molar refractivity (Wildman–Crippen MR) is 134 cm³/mol. The number of aryl methyl sites for hydroxylation is 1. The van der Waals surface area contributed by atoms with Crippen LogP contribution in [-0.4, -0.2) is 45.8 Å². The molecule has 3 heterocycles. The van der Waals surface area contributed by atoms with Crippen molar-refractivity contribution in [2.24, 2.45) is 17.3 Å². The molecule has 0 aromatic carbocycles. The number of hydrogen-bond acceptors (Lipinski definition) is 7. The van der Waals surface area contributed by atoms with Crippen LogP contribution in [0.3, 0.4) is 0 Å². The Hall–Kier alpha value is -1.57. The van der Waals surface area contributed by atoms with Gasteiger partial charge in [0.2, 0.25) is 0 Å². The molecule has 7 heteroatoms. The minimum Gasteiger partial charge on any atom is -0.458 e. The molecule has 190 valence electrons. The predicted octanol–water partition coefficient (Wildman–Crippen LogP) is 5.51. The minimum absolute atomic E-state index is 0.00387. The SMILES string of the molecule is C/C(=C\c1csc(C)n1)[C@@H]1C[C@@H]2O[C@]2(C)CCC[C@H](C)C(O)[C@@H](C)C(=O)C(C)(C)CCC(=O)O1. The van der Waals surface area contributed by atoms with Gasteiger partial charge in [-0.25, -0.2) is 4.98 Å². The first-order valence-electron chi connectivity index (χ1n) is 12.5. The van der Waals surface area contributed by atoms with E-state index in [0.29, 0.717) is 12.8 Å².